The van der Waals surface area contributed by atoms with Crippen molar-refractivity contribution < 1.29 is 19.4 Å². The average Bonchev–Trinajstić information content (AvgIpc) is 2.28. The zero-order chi connectivity index (χ0) is 12.2. The van der Waals surface area contributed by atoms with Crippen molar-refractivity contribution in [3.05, 3.63) is 0 Å². The highest BCUT2D eigenvalue weighted by atomic mass is 16.5. The maximum atomic E-state index is 12.1. The Balaban J connectivity index is 2.71. The van der Waals surface area contributed by atoms with Crippen molar-refractivity contribution in [3.8, 4) is 0 Å². The Hall–Kier alpha value is -1.14. The largest absolute Gasteiger partial charge is 0.480 e. The van der Waals surface area contributed by atoms with E-state index < -0.39 is 11.4 Å². The first-order chi connectivity index (χ1) is 7.52. The van der Waals surface area contributed by atoms with E-state index in [1.165, 1.54) is 11.9 Å². The molecule has 1 aliphatic rings. The molecule has 0 aromatic rings. The summed E-state index contributed by atoms with van der Waals surface area (Å²) in [5.74, 6) is -1.21. The summed E-state index contributed by atoms with van der Waals surface area (Å²) in [6, 6.07) is 0. The summed E-state index contributed by atoms with van der Waals surface area (Å²) in [6.45, 7) is 0.953. The Morgan fingerprint density at radius 1 is 1.44 bits per heavy atom. The third-order valence-electron chi connectivity index (χ3n) is 3.01. The van der Waals surface area contributed by atoms with Gasteiger partial charge in [0.15, 0.2) is 0 Å². The number of nitrogens with zero attached hydrogens (tertiary/aromatic N) is 1. The highest BCUT2D eigenvalue weighted by Crippen LogP contribution is 2.31. The minimum Gasteiger partial charge on any atom is -0.480 e. The van der Waals surface area contributed by atoms with Gasteiger partial charge in [0.1, 0.15) is 6.54 Å². The SMILES string of the molecule is CN(CC(=O)O)C(=O)C1(CN)CCOCC1. The summed E-state index contributed by atoms with van der Waals surface area (Å²) < 4.78 is 5.19. The van der Waals surface area contributed by atoms with Crippen molar-refractivity contribution >= 4 is 11.9 Å². The van der Waals surface area contributed by atoms with Gasteiger partial charge in [-0.25, -0.2) is 0 Å². The number of carboxylic acid groups (broad SMARTS) is 1. The highest BCUT2D eigenvalue weighted by Gasteiger charge is 2.40. The van der Waals surface area contributed by atoms with Crippen molar-refractivity contribution in [3.63, 3.8) is 0 Å². The van der Waals surface area contributed by atoms with E-state index in [9.17, 15) is 9.59 Å². The topological polar surface area (TPSA) is 92.9 Å². The lowest BCUT2D eigenvalue weighted by molar-refractivity contribution is -0.151. The van der Waals surface area contributed by atoms with Gasteiger partial charge in [-0.15, -0.1) is 0 Å². The number of ether oxygens (including phenoxy) is 1. The Bertz CT molecular complexity index is 274. The number of carbonyl (C=O) groups excluding carboxylic acids is 1. The van der Waals surface area contributed by atoms with Crippen LogP contribution in [0.4, 0.5) is 0 Å². The Morgan fingerprint density at radius 2 is 2.00 bits per heavy atom. The molecule has 0 saturated carbocycles. The van der Waals surface area contributed by atoms with Crippen LogP contribution in [0.2, 0.25) is 0 Å². The normalized spacial score (nSPS) is 19.1. The van der Waals surface area contributed by atoms with E-state index in [-0.39, 0.29) is 19.0 Å². The van der Waals surface area contributed by atoms with Gasteiger partial charge in [-0.3, -0.25) is 9.59 Å². The first-order valence-electron chi connectivity index (χ1n) is 5.27. The molecule has 0 radical (unpaired) electrons. The van der Waals surface area contributed by atoms with E-state index in [1.54, 1.807) is 0 Å². The second kappa shape index (κ2) is 5.27. The first kappa shape index (κ1) is 12.9. The summed E-state index contributed by atoms with van der Waals surface area (Å²) in [7, 11) is 1.49. The minimum absolute atomic E-state index is 0.194. The van der Waals surface area contributed by atoms with Crippen LogP contribution >= 0.6 is 0 Å². The lowest BCUT2D eigenvalue weighted by Gasteiger charge is -2.37. The van der Waals surface area contributed by atoms with Crippen molar-refractivity contribution in [2.24, 2.45) is 11.1 Å². The maximum absolute atomic E-state index is 12.1. The average molecular weight is 230 g/mol. The minimum atomic E-state index is -1.02. The van der Waals surface area contributed by atoms with Gasteiger partial charge in [0.05, 0.1) is 5.41 Å². The molecule has 1 heterocycles. The molecule has 0 aromatic carbocycles. The Labute approximate surface area is 94.3 Å². The monoisotopic (exact) mass is 230 g/mol. The lowest BCUT2D eigenvalue weighted by atomic mass is 9.79. The molecule has 92 valence electrons. The zero-order valence-corrected chi connectivity index (χ0v) is 9.44. The molecule has 1 rings (SSSR count). The number of likely N-dealkylation sites (N-methyl/N-ethyl adjacent to an activating group) is 1. The fourth-order valence-corrected chi connectivity index (χ4v) is 1.95. The number of nitrogens with two attached hydrogens (primary N) is 1. The molecule has 16 heavy (non-hydrogen) atoms. The van der Waals surface area contributed by atoms with Gasteiger partial charge < -0.3 is 20.5 Å². The summed E-state index contributed by atoms with van der Waals surface area (Å²) in [6.07, 6.45) is 1.12. The van der Waals surface area contributed by atoms with Crippen LogP contribution in [0.5, 0.6) is 0 Å². The van der Waals surface area contributed by atoms with E-state index in [0.717, 1.165) is 0 Å². The molecule has 0 aliphatic carbocycles. The molecule has 6 heteroatoms. The number of amides is 1. The summed E-state index contributed by atoms with van der Waals surface area (Å²) >= 11 is 0. The molecule has 1 amide bonds. The van der Waals surface area contributed by atoms with Gasteiger partial charge in [0.2, 0.25) is 5.91 Å². The van der Waals surface area contributed by atoms with Crippen LogP contribution in [0.15, 0.2) is 0 Å². The molecule has 0 bridgehead atoms. The molecule has 1 saturated heterocycles. The molecule has 0 atom stereocenters. The predicted octanol–water partition coefficient (Wildman–Crippen LogP) is -0.715. The molecular weight excluding hydrogens is 212 g/mol. The van der Waals surface area contributed by atoms with Crippen molar-refractivity contribution in [1.29, 1.82) is 0 Å². The van der Waals surface area contributed by atoms with Gasteiger partial charge in [-0.2, -0.15) is 0 Å². The smallest absolute Gasteiger partial charge is 0.323 e. The second-order valence-electron chi connectivity index (χ2n) is 4.15. The predicted molar refractivity (Wildman–Crippen MR) is 56.8 cm³/mol. The summed E-state index contributed by atoms with van der Waals surface area (Å²) in [5, 5.41) is 8.64. The molecule has 6 nitrogen and oxygen atoms in total. The number of carbonyl (C=O) groups is 2. The van der Waals surface area contributed by atoms with Gasteiger partial charge in [0.25, 0.3) is 0 Å². The highest BCUT2D eigenvalue weighted by molar-refractivity contribution is 5.86. The maximum Gasteiger partial charge on any atom is 0.323 e. The van der Waals surface area contributed by atoms with Gasteiger partial charge in [0, 0.05) is 26.8 Å². The van der Waals surface area contributed by atoms with E-state index in [2.05, 4.69) is 0 Å². The van der Waals surface area contributed by atoms with E-state index >= 15 is 0 Å². The number of aliphatic carboxylic acids is 1. The fourth-order valence-electron chi connectivity index (χ4n) is 1.95. The molecule has 0 aromatic heterocycles. The van der Waals surface area contributed by atoms with Crippen LogP contribution in [0.25, 0.3) is 0 Å². The van der Waals surface area contributed by atoms with Crippen LogP contribution in [0, 0.1) is 5.41 Å². The molecule has 1 fully saturated rings. The molecular formula is C10H18N2O4. The van der Waals surface area contributed by atoms with E-state index in [1.807, 2.05) is 0 Å². The van der Waals surface area contributed by atoms with Crippen molar-refractivity contribution in [1.82, 2.24) is 4.90 Å². The lowest BCUT2D eigenvalue weighted by Crippen LogP contribution is -2.50. The van der Waals surface area contributed by atoms with Crippen molar-refractivity contribution in [2.45, 2.75) is 12.8 Å². The molecule has 0 spiro atoms. The standard InChI is InChI=1S/C10H18N2O4/c1-12(6-8(13)14)9(15)10(7-11)2-4-16-5-3-10/h2-7,11H2,1H3,(H,13,14). The van der Waals surface area contributed by atoms with Crippen molar-refractivity contribution in [2.75, 3.05) is 33.4 Å². The quantitative estimate of drug-likeness (QED) is 0.665. The van der Waals surface area contributed by atoms with Crippen LogP contribution in [-0.2, 0) is 14.3 Å². The Morgan fingerprint density at radius 3 is 2.44 bits per heavy atom. The third kappa shape index (κ3) is 2.70. The van der Waals surface area contributed by atoms with Crippen LogP contribution < -0.4 is 5.73 Å². The van der Waals surface area contributed by atoms with Crippen LogP contribution in [-0.4, -0.2) is 55.2 Å². The fraction of sp³-hybridized carbons (Fsp3) is 0.800. The number of hydrogen-bond donors (Lipinski definition) is 2. The molecule has 0 unspecified atom stereocenters. The van der Waals surface area contributed by atoms with Crippen LogP contribution in [0.1, 0.15) is 12.8 Å². The second-order valence-corrected chi connectivity index (χ2v) is 4.15. The Kier molecular flexibility index (Phi) is 4.26. The van der Waals surface area contributed by atoms with Gasteiger partial charge in [-0.1, -0.05) is 0 Å². The number of carboxylic acids is 1. The summed E-state index contributed by atoms with van der Waals surface area (Å²) in [5.41, 5.74) is 5.02. The van der Waals surface area contributed by atoms with E-state index in [0.29, 0.717) is 26.1 Å². The third-order valence-corrected chi connectivity index (χ3v) is 3.01. The number of hydrogen-bond acceptors (Lipinski definition) is 4. The summed E-state index contributed by atoms with van der Waals surface area (Å²) in [4.78, 5) is 23.9. The van der Waals surface area contributed by atoms with Gasteiger partial charge in [-0.05, 0) is 12.8 Å². The number of rotatable bonds is 4. The zero-order valence-electron chi connectivity index (χ0n) is 9.44. The molecule has 1 aliphatic heterocycles. The van der Waals surface area contributed by atoms with Crippen LogP contribution in [0.3, 0.4) is 0 Å². The molecule has 3 N–H and O–H groups in total. The van der Waals surface area contributed by atoms with Gasteiger partial charge >= 0.3 is 5.97 Å². The van der Waals surface area contributed by atoms with E-state index in [4.69, 9.17) is 15.6 Å². The first-order valence-corrected chi connectivity index (χ1v) is 5.27.